The lowest BCUT2D eigenvalue weighted by molar-refractivity contribution is -0.220. The third kappa shape index (κ3) is 5.63. The molecular weight excluding hydrogens is 568 g/mol. The van der Waals surface area contributed by atoms with Gasteiger partial charge in [-0.25, -0.2) is 13.8 Å². The lowest BCUT2D eigenvalue weighted by atomic mass is 10.1. The van der Waals surface area contributed by atoms with E-state index in [2.05, 4.69) is 20.3 Å². The van der Waals surface area contributed by atoms with Gasteiger partial charge in [-0.15, -0.1) is 5.10 Å². The summed E-state index contributed by atoms with van der Waals surface area (Å²) in [5.74, 6) is -3.16. The Morgan fingerprint density at radius 1 is 1.21 bits per heavy atom. The molecule has 0 saturated heterocycles. The summed E-state index contributed by atoms with van der Waals surface area (Å²) in [5, 5.41) is 18.9. The summed E-state index contributed by atoms with van der Waals surface area (Å²) in [6.45, 7) is 0. The third-order valence-electron chi connectivity index (χ3n) is 5.70. The van der Waals surface area contributed by atoms with Gasteiger partial charge >= 0.3 is 12.4 Å². The molecule has 39 heavy (non-hydrogen) atoms. The van der Waals surface area contributed by atoms with Crippen molar-refractivity contribution in [3.8, 4) is 28.9 Å². The fraction of sp³-hybridized carbons (Fsp3) is 0.364. The second-order valence-electron chi connectivity index (χ2n) is 8.55. The number of nitrogens with zero attached hydrogens (tertiary/aromatic N) is 5. The Balaban J connectivity index is 1.69. The van der Waals surface area contributed by atoms with Crippen LogP contribution in [0.1, 0.15) is 28.8 Å². The zero-order valence-electron chi connectivity index (χ0n) is 19.4. The predicted molar refractivity (Wildman–Crippen MR) is 117 cm³/mol. The molecule has 1 N–H and O–H groups in total. The van der Waals surface area contributed by atoms with Crippen molar-refractivity contribution in [3.05, 3.63) is 46.7 Å². The van der Waals surface area contributed by atoms with Crippen LogP contribution in [0.5, 0.6) is 5.88 Å². The van der Waals surface area contributed by atoms with Crippen LogP contribution in [0.3, 0.4) is 0 Å². The van der Waals surface area contributed by atoms with Gasteiger partial charge in [0.05, 0.1) is 22.9 Å². The average molecular weight is 583 g/mol. The molecule has 2 unspecified atom stereocenters. The zero-order chi connectivity index (χ0) is 28.9. The van der Waals surface area contributed by atoms with E-state index in [4.69, 9.17) is 11.6 Å². The van der Waals surface area contributed by atoms with E-state index in [1.54, 1.807) is 0 Å². The number of aromatic nitrogens is 4. The lowest BCUT2D eigenvalue weighted by Gasteiger charge is -2.17. The van der Waals surface area contributed by atoms with Gasteiger partial charge in [0.25, 0.3) is 18.4 Å². The maximum Gasteiger partial charge on any atom is 0.426 e. The molecule has 1 amide bonds. The molecule has 208 valence electrons. The van der Waals surface area contributed by atoms with Crippen LogP contribution in [0.2, 0.25) is 5.02 Å². The first-order chi connectivity index (χ1) is 18.1. The summed E-state index contributed by atoms with van der Waals surface area (Å²) in [4.78, 5) is 12.6. The maximum absolute atomic E-state index is 13.9. The van der Waals surface area contributed by atoms with Crippen LogP contribution >= 0.6 is 11.6 Å². The highest BCUT2D eigenvalue weighted by molar-refractivity contribution is 6.34. The Morgan fingerprint density at radius 3 is 2.44 bits per heavy atom. The number of benzene rings is 1. The van der Waals surface area contributed by atoms with Gasteiger partial charge in [0.1, 0.15) is 5.54 Å². The van der Waals surface area contributed by atoms with Crippen molar-refractivity contribution in [2.45, 2.75) is 43.3 Å². The average Bonchev–Trinajstić information content (AvgIpc) is 3.28. The maximum atomic E-state index is 13.9. The largest absolute Gasteiger partial charge is 0.438 e. The lowest BCUT2D eigenvalue weighted by Crippen LogP contribution is -2.37. The van der Waals surface area contributed by atoms with E-state index in [-0.39, 0.29) is 21.7 Å². The fourth-order valence-electron chi connectivity index (χ4n) is 3.54. The summed E-state index contributed by atoms with van der Waals surface area (Å²) in [5.41, 5.74) is -2.37. The molecule has 0 bridgehead atoms. The van der Waals surface area contributed by atoms with Crippen molar-refractivity contribution in [2.75, 3.05) is 0 Å². The third-order valence-corrected chi connectivity index (χ3v) is 6.03. The molecule has 1 aromatic carbocycles. The second kappa shape index (κ2) is 9.70. The van der Waals surface area contributed by atoms with Gasteiger partial charge in [-0.3, -0.25) is 4.79 Å². The molecule has 2 atom stereocenters. The Bertz CT molecular complexity index is 1450. The summed E-state index contributed by atoms with van der Waals surface area (Å²) < 4.78 is 111. The van der Waals surface area contributed by atoms with E-state index in [1.807, 2.05) is 6.07 Å². The molecule has 1 aliphatic carbocycles. The van der Waals surface area contributed by atoms with E-state index < -0.39 is 53.6 Å². The standard InChI is InChI=1S/C22H15ClF8N6O2/c1-36-19(14(21(26,27)28)18(35-36)39-16(25)15(24)22(29,30)31)37-8-11(7-33-37)10-2-3-13(23)12(6-10)17(38)34-20(9-32)4-5-20/h2-3,6-8,15-16H,4-5H2,1H3,(H,34,38). The van der Waals surface area contributed by atoms with Gasteiger partial charge < -0.3 is 10.1 Å². The normalized spacial score (nSPS) is 16.3. The van der Waals surface area contributed by atoms with Gasteiger partial charge in [-0.05, 0) is 30.5 Å². The Labute approximate surface area is 218 Å². The molecule has 17 heteroatoms. The van der Waals surface area contributed by atoms with Crippen LogP contribution in [0.15, 0.2) is 30.6 Å². The number of rotatable bonds is 7. The first-order valence-electron chi connectivity index (χ1n) is 10.8. The van der Waals surface area contributed by atoms with Crippen LogP contribution in [-0.4, -0.2) is 49.7 Å². The van der Waals surface area contributed by atoms with Gasteiger partial charge in [0, 0.05) is 18.8 Å². The molecule has 0 spiro atoms. The number of amides is 1. The van der Waals surface area contributed by atoms with Crippen molar-refractivity contribution < 1.29 is 44.7 Å². The quantitative estimate of drug-likeness (QED) is 0.381. The van der Waals surface area contributed by atoms with Gasteiger partial charge in [-0.2, -0.15) is 41.1 Å². The molecule has 2 aromatic heterocycles. The first kappa shape index (κ1) is 28.1. The highest BCUT2D eigenvalue weighted by Gasteiger charge is 2.50. The number of hydrogen-bond acceptors (Lipinski definition) is 5. The zero-order valence-corrected chi connectivity index (χ0v) is 20.2. The molecule has 8 nitrogen and oxygen atoms in total. The minimum atomic E-state index is -5.73. The molecule has 4 rings (SSSR count). The van der Waals surface area contributed by atoms with Gasteiger partial charge in [-0.1, -0.05) is 17.7 Å². The van der Waals surface area contributed by atoms with Crippen LogP contribution in [-0.2, 0) is 13.2 Å². The number of aryl methyl sites for hydroxylation is 1. The van der Waals surface area contributed by atoms with E-state index in [0.29, 0.717) is 22.2 Å². The molecule has 2 heterocycles. The van der Waals surface area contributed by atoms with Crippen LogP contribution in [0, 0.1) is 11.3 Å². The predicted octanol–water partition coefficient (Wildman–Crippen LogP) is 5.31. The number of halogens is 9. The molecule has 3 aromatic rings. The first-order valence-corrected chi connectivity index (χ1v) is 11.2. The minimum absolute atomic E-state index is 0.0185. The van der Waals surface area contributed by atoms with Crippen molar-refractivity contribution in [3.63, 3.8) is 0 Å². The summed E-state index contributed by atoms with van der Waals surface area (Å²) in [7, 11) is 0.955. The highest BCUT2D eigenvalue weighted by atomic mass is 35.5. The highest BCUT2D eigenvalue weighted by Crippen LogP contribution is 2.41. The minimum Gasteiger partial charge on any atom is -0.438 e. The number of carbonyl (C=O) groups is 1. The number of carbonyl (C=O) groups excluding carboxylic acids is 1. The van der Waals surface area contributed by atoms with E-state index in [9.17, 15) is 45.2 Å². The number of alkyl halides is 8. The van der Waals surface area contributed by atoms with Crippen molar-refractivity contribution in [1.82, 2.24) is 24.9 Å². The molecule has 0 aliphatic heterocycles. The topological polar surface area (TPSA) is 97.8 Å². The van der Waals surface area contributed by atoms with Crippen LogP contribution < -0.4 is 10.1 Å². The van der Waals surface area contributed by atoms with Crippen LogP contribution in [0.4, 0.5) is 35.1 Å². The number of ether oxygens (including phenoxy) is 1. The van der Waals surface area contributed by atoms with Crippen molar-refractivity contribution >= 4 is 17.5 Å². The van der Waals surface area contributed by atoms with E-state index in [1.165, 1.54) is 18.2 Å². The number of hydrogen-bond donors (Lipinski definition) is 1. The van der Waals surface area contributed by atoms with Crippen LogP contribution in [0.25, 0.3) is 16.9 Å². The van der Waals surface area contributed by atoms with Gasteiger partial charge in [0.2, 0.25) is 5.88 Å². The molecule has 0 radical (unpaired) electrons. The van der Waals surface area contributed by atoms with Crippen molar-refractivity contribution in [1.29, 1.82) is 5.26 Å². The van der Waals surface area contributed by atoms with E-state index >= 15 is 0 Å². The fourth-order valence-corrected chi connectivity index (χ4v) is 3.74. The SMILES string of the molecule is Cn1nc(OC(F)C(F)C(F)(F)F)c(C(F)(F)F)c1-n1cc(-c2ccc(Cl)c(C(=O)NC3(C#N)CC3)c2)cn1. The number of nitriles is 1. The molecule has 1 fully saturated rings. The molecule has 1 saturated carbocycles. The summed E-state index contributed by atoms with van der Waals surface area (Å²) in [6.07, 6.45) is -16.0. The monoisotopic (exact) mass is 582 g/mol. The Morgan fingerprint density at radius 2 is 1.87 bits per heavy atom. The second-order valence-corrected chi connectivity index (χ2v) is 8.96. The smallest absolute Gasteiger partial charge is 0.426 e. The van der Waals surface area contributed by atoms with Gasteiger partial charge in [0.15, 0.2) is 11.4 Å². The molecule has 1 aliphatic rings. The summed E-state index contributed by atoms with van der Waals surface area (Å²) in [6, 6.07) is 6.10. The summed E-state index contributed by atoms with van der Waals surface area (Å²) >= 11 is 6.12. The van der Waals surface area contributed by atoms with Crippen molar-refractivity contribution in [2.24, 2.45) is 7.05 Å². The Hall–Kier alpha value is -3.87. The Kier molecular flexibility index (Phi) is 7.00. The van der Waals surface area contributed by atoms with E-state index in [0.717, 1.165) is 19.4 Å². The number of nitrogens with one attached hydrogen (secondary N) is 1. The molecular formula is C22H15ClF8N6O2.